The van der Waals surface area contributed by atoms with Crippen molar-refractivity contribution in [1.29, 1.82) is 0 Å². The lowest BCUT2D eigenvalue weighted by Gasteiger charge is -2.30. The molecule has 24 heavy (non-hydrogen) atoms. The van der Waals surface area contributed by atoms with Gasteiger partial charge in [0.1, 0.15) is 6.04 Å². The molecule has 0 aliphatic rings. The van der Waals surface area contributed by atoms with Crippen LogP contribution in [0, 0.1) is 5.92 Å². The van der Waals surface area contributed by atoms with Gasteiger partial charge >= 0.3 is 6.18 Å². The van der Waals surface area contributed by atoms with Gasteiger partial charge in [-0.2, -0.15) is 13.2 Å². The molecule has 0 spiro atoms. The number of hydrogen-bond donors (Lipinski definition) is 2. The maximum Gasteiger partial charge on any atom is 0.407 e. The highest BCUT2D eigenvalue weighted by atomic mass is 79.9. The molecule has 8 heteroatoms. The predicted molar refractivity (Wildman–Crippen MR) is 91.1 cm³/mol. The minimum atomic E-state index is -4.51. The number of nitrogens with one attached hydrogen (secondary N) is 2. The van der Waals surface area contributed by atoms with Gasteiger partial charge < -0.3 is 0 Å². The standard InChI is InChI=1S/C16H23BrF3N3O/c1-10(2)9-13(15(24)23(4)21-3)22-14(16(18,19)20)11-5-7-12(17)8-6-11/h5-8,10,13-14,21-22H,9H2,1-4H3. The van der Waals surface area contributed by atoms with Gasteiger partial charge in [-0.25, -0.2) is 5.43 Å². The molecule has 0 aliphatic carbocycles. The number of amides is 1. The van der Waals surface area contributed by atoms with Crippen molar-refractivity contribution in [3.63, 3.8) is 0 Å². The van der Waals surface area contributed by atoms with E-state index in [-0.39, 0.29) is 11.5 Å². The van der Waals surface area contributed by atoms with E-state index >= 15 is 0 Å². The lowest BCUT2D eigenvalue weighted by molar-refractivity contribution is -0.162. The fourth-order valence-corrected chi connectivity index (χ4v) is 2.56. The van der Waals surface area contributed by atoms with Gasteiger partial charge in [0.25, 0.3) is 5.91 Å². The van der Waals surface area contributed by atoms with Crippen molar-refractivity contribution in [2.45, 2.75) is 38.5 Å². The molecule has 1 rings (SSSR count). The summed E-state index contributed by atoms with van der Waals surface area (Å²) in [7, 11) is 3.03. The minimum Gasteiger partial charge on any atom is -0.291 e. The van der Waals surface area contributed by atoms with Crippen LogP contribution in [-0.2, 0) is 4.79 Å². The number of benzene rings is 1. The molecule has 0 heterocycles. The molecule has 0 fully saturated rings. The largest absolute Gasteiger partial charge is 0.407 e. The molecule has 0 saturated carbocycles. The lowest BCUT2D eigenvalue weighted by Crippen LogP contribution is -2.52. The highest BCUT2D eigenvalue weighted by Crippen LogP contribution is 2.34. The topological polar surface area (TPSA) is 44.4 Å². The summed E-state index contributed by atoms with van der Waals surface area (Å²) in [6.07, 6.45) is -4.21. The third-order valence-corrected chi connectivity index (χ3v) is 4.10. The number of carbonyl (C=O) groups excluding carboxylic acids is 1. The van der Waals surface area contributed by atoms with E-state index in [0.29, 0.717) is 10.9 Å². The SMILES string of the molecule is CNN(C)C(=O)C(CC(C)C)NC(c1ccc(Br)cc1)C(F)(F)F. The number of alkyl halides is 3. The summed E-state index contributed by atoms with van der Waals surface area (Å²) in [4.78, 5) is 12.4. The van der Waals surface area contributed by atoms with E-state index in [9.17, 15) is 18.0 Å². The Morgan fingerprint density at radius 2 is 1.79 bits per heavy atom. The summed E-state index contributed by atoms with van der Waals surface area (Å²) in [5.41, 5.74) is 2.70. The quantitative estimate of drug-likeness (QED) is 0.675. The number of nitrogens with zero attached hydrogens (tertiary/aromatic N) is 1. The van der Waals surface area contributed by atoms with Crippen molar-refractivity contribution >= 4 is 21.8 Å². The number of hydrogen-bond acceptors (Lipinski definition) is 3. The molecule has 1 aromatic rings. The third kappa shape index (κ3) is 6.07. The van der Waals surface area contributed by atoms with Gasteiger partial charge in [0.05, 0.1) is 6.04 Å². The Labute approximate surface area is 148 Å². The molecular formula is C16H23BrF3N3O. The molecule has 4 nitrogen and oxygen atoms in total. The maximum absolute atomic E-state index is 13.5. The van der Waals surface area contributed by atoms with Gasteiger partial charge in [-0.15, -0.1) is 0 Å². The van der Waals surface area contributed by atoms with Gasteiger partial charge in [0.2, 0.25) is 0 Å². The normalized spacial score (nSPS) is 14.5. The Morgan fingerprint density at radius 3 is 2.21 bits per heavy atom. The number of halogens is 4. The molecular weight excluding hydrogens is 387 g/mol. The molecule has 0 aliphatic heterocycles. The van der Waals surface area contributed by atoms with Gasteiger partial charge in [-0.3, -0.25) is 15.1 Å². The molecule has 2 unspecified atom stereocenters. The molecule has 0 saturated heterocycles. The van der Waals surface area contributed by atoms with Crippen LogP contribution in [0.5, 0.6) is 0 Å². The Kier molecular flexibility index (Phi) is 7.69. The first-order chi connectivity index (χ1) is 11.1. The first-order valence-electron chi connectivity index (χ1n) is 7.59. The average Bonchev–Trinajstić information content (AvgIpc) is 2.49. The Morgan fingerprint density at radius 1 is 1.25 bits per heavy atom. The van der Waals surface area contributed by atoms with Crippen molar-refractivity contribution < 1.29 is 18.0 Å². The zero-order valence-electron chi connectivity index (χ0n) is 14.1. The Bertz CT molecular complexity index is 534. The molecule has 1 aromatic carbocycles. The second-order valence-corrected chi connectivity index (χ2v) is 6.91. The summed E-state index contributed by atoms with van der Waals surface area (Å²) in [5, 5.41) is 3.69. The van der Waals surface area contributed by atoms with E-state index in [4.69, 9.17) is 0 Å². The number of rotatable bonds is 7. The monoisotopic (exact) mass is 409 g/mol. The summed E-state index contributed by atoms with van der Waals surface area (Å²) in [5.74, 6) is -0.368. The van der Waals surface area contributed by atoms with Crippen LogP contribution in [0.25, 0.3) is 0 Å². The van der Waals surface area contributed by atoms with Crippen LogP contribution in [-0.4, -0.2) is 37.2 Å². The van der Waals surface area contributed by atoms with Gasteiger partial charge in [0, 0.05) is 18.6 Å². The van der Waals surface area contributed by atoms with E-state index in [0.717, 1.165) is 0 Å². The van der Waals surface area contributed by atoms with Crippen molar-refractivity contribution in [1.82, 2.24) is 15.8 Å². The van der Waals surface area contributed by atoms with Crippen LogP contribution in [0.1, 0.15) is 31.9 Å². The van der Waals surface area contributed by atoms with Gasteiger partial charge in [-0.05, 0) is 30.0 Å². The van der Waals surface area contributed by atoms with Crippen molar-refractivity contribution in [3.8, 4) is 0 Å². The fraction of sp³-hybridized carbons (Fsp3) is 0.562. The lowest BCUT2D eigenvalue weighted by atomic mass is 9.99. The van der Waals surface area contributed by atoms with Crippen molar-refractivity contribution in [2.75, 3.05) is 14.1 Å². The number of likely N-dealkylation sites (N-methyl/N-ethyl adjacent to an activating group) is 1. The Balaban J connectivity index is 3.11. The van der Waals surface area contributed by atoms with Crippen LogP contribution in [0.2, 0.25) is 0 Å². The van der Waals surface area contributed by atoms with Crippen LogP contribution in [0.3, 0.4) is 0 Å². The first kappa shape index (κ1) is 20.9. The second-order valence-electron chi connectivity index (χ2n) is 6.00. The average molecular weight is 410 g/mol. The number of hydrazine groups is 1. The minimum absolute atomic E-state index is 0.0653. The molecule has 2 atom stereocenters. The fourth-order valence-electron chi connectivity index (χ4n) is 2.29. The zero-order chi connectivity index (χ0) is 18.5. The highest BCUT2D eigenvalue weighted by molar-refractivity contribution is 9.10. The van der Waals surface area contributed by atoms with Crippen molar-refractivity contribution in [2.24, 2.45) is 5.92 Å². The molecule has 136 valence electrons. The zero-order valence-corrected chi connectivity index (χ0v) is 15.7. The summed E-state index contributed by atoms with van der Waals surface area (Å²) >= 11 is 3.21. The van der Waals surface area contributed by atoms with E-state index < -0.39 is 24.2 Å². The smallest absolute Gasteiger partial charge is 0.291 e. The molecule has 0 aromatic heterocycles. The van der Waals surface area contributed by atoms with E-state index in [1.807, 2.05) is 13.8 Å². The van der Waals surface area contributed by atoms with E-state index in [2.05, 4.69) is 26.7 Å². The van der Waals surface area contributed by atoms with Crippen molar-refractivity contribution in [3.05, 3.63) is 34.3 Å². The summed E-state index contributed by atoms with van der Waals surface area (Å²) in [6.45, 7) is 3.73. The molecule has 1 amide bonds. The molecule has 0 bridgehead atoms. The van der Waals surface area contributed by atoms with Crippen LogP contribution >= 0.6 is 15.9 Å². The van der Waals surface area contributed by atoms with E-state index in [1.165, 1.54) is 24.2 Å². The van der Waals surface area contributed by atoms with Crippen LogP contribution in [0.4, 0.5) is 13.2 Å². The first-order valence-corrected chi connectivity index (χ1v) is 8.38. The molecule has 2 N–H and O–H groups in total. The molecule has 0 radical (unpaired) electrons. The van der Waals surface area contributed by atoms with Gasteiger partial charge in [-0.1, -0.05) is 41.9 Å². The van der Waals surface area contributed by atoms with Crippen LogP contribution in [0.15, 0.2) is 28.7 Å². The number of carbonyl (C=O) groups is 1. The summed E-state index contributed by atoms with van der Waals surface area (Å²) < 4.78 is 41.3. The maximum atomic E-state index is 13.5. The van der Waals surface area contributed by atoms with E-state index in [1.54, 1.807) is 19.2 Å². The Hall–Kier alpha value is -1.12. The summed E-state index contributed by atoms with van der Waals surface area (Å²) in [6, 6.07) is 3.03. The highest BCUT2D eigenvalue weighted by Gasteiger charge is 2.43. The van der Waals surface area contributed by atoms with Gasteiger partial charge in [0.15, 0.2) is 0 Å². The third-order valence-electron chi connectivity index (χ3n) is 3.57. The second kappa shape index (κ2) is 8.82. The predicted octanol–water partition coefficient (Wildman–Crippen LogP) is 3.65. The van der Waals surface area contributed by atoms with Crippen LogP contribution < -0.4 is 10.7 Å².